The summed E-state index contributed by atoms with van der Waals surface area (Å²) in [5.41, 5.74) is 7.17. The standard InChI is InChI=1S/C14H18BrClN2O/c1-8(2)18-13(19)6-5-12(17)14(18)10-4-3-9(15)7-11(10)16/h3-4,7-8,12,14H,5-6,17H2,1-2H3. The average Bonchev–Trinajstić information content (AvgIpc) is 2.32. The van der Waals surface area contributed by atoms with E-state index in [1.165, 1.54) is 0 Å². The Hall–Kier alpha value is -0.580. The molecule has 0 radical (unpaired) electrons. The van der Waals surface area contributed by atoms with E-state index in [-0.39, 0.29) is 24.0 Å². The molecule has 5 heteroatoms. The molecule has 1 aliphatic rings. The predicted octanol–water partition coefficient (Wildman–Crippen LogP) is 3.50. The van der Waals surface area contributed by atoms with E-state index < -0.39 is 0 Å². The van der Waals surface area contributed by atoms with Crippen LogP contribution in [-0.4, -0.2) is 22.9 Å². The molecule has 0 aromatic heterocycles. The van der Waals surface area contributed by atoms with E-state index in [1.807, 2.05) is 36.9 Å². The Morgan fingerprint density at radius 3 is 2.74 bits per heavy atom. The van der Waals surface area contributed by atoms with Crippen molar-refractivity contribution >= 4 is 33.4 Å². The van der Waals surface area contributed by atoms with Crippen LogP contribution in [0.25, 0.3) is 0 Å². The molecule has 2 atom stereocenters. The van der Waals surface area contributed by atoms with Crippen molar-refractivity contribution < 1.29 is 4.79 Å². The maximum atomic E-state index is 12.2. The quantitative estimate of drug-likeness (QED) is 0.891. The number of hydrogen-bond donors (Lipinski definition) is 1. The molecule has 19 heavy (non-hydrogen) atoms. The van der Waals surface area contributed by atoms with Gasteiger partial charge in [-0.05, 0) is 38.0 Å². The highest BCUT2D eigenvalue weighted by Gasteiger charge is 2.37. The lowest BCUT2D eigenvalue weighted by Gasteiger charge is -2.42. The highest BCUT2D eigenvalue weighted by molar-refractivity contribution is 9.10. The van der Waals surface area contributed by atoms with Gasteiger partial charge >= 0.3 is 0 Å². The number of piperidine rings is 1. The summed E-state index contributed by atoms with van der Waals surface area (Å²) in [6.07, 6.45) is 1.23. The van der Waals surface area contributed by atoms with Crippen LogP contribution in [0.3, 0.4) is 0 Å². The van der Waals surface area contributed by atoms with E-state index in [1.54, 1.807) is 0 Å². The average molecular weight is 346 g/mol. The molecule has 1 aromatic carbocycles. The number of rotatable bonds is 2. The highest BCUT2D eigenvalue weighted by Crippen LogP contribution is 2.37. The topological polar surface area (TPSA) is 46.3 Å². The van der Waals surface area contributed by atoms with Crippen LogP contribution in [0, 0.1) is 0 Å². The van der Waals surface area contributed by atoms with Gasteiger partial charge in [0.25, 0.3) is 0 Å². The van der Waals surface area contributed by atoms with E-state index in [2.05, 4.69) is 15.9 Å². The van der Waals surface area contributed by atoms with Gasteiger partial charge in [-0.25, -0.2) is 0 Å². The largest absolute Gasteiger partial charge is 0.332 e. The normalized spacial score (nSPS) is 24.1. The molecule has 1 aliphatic heterocycles. The van der Waals surface area contributed by atoms with Gasteiger partial charge in [-0.3, -0.25) is 4.79 Å². The van der Waals surface area contributed by atoms with Gasteiger partial charge in [-0.2, -0.15) is 0 Å². The molecular weight excluding hydrogens is 328 g/mol. The molecule has 1 heterocycles. The second kappa shape index (κ2) is 5.81. The van der Waals surface area contributed by atoms with Crippen molar-refractivity contribution in [2.75, 3.05) is 0 Å². The fourth-order valence-corrected chi connectivity index (χ4v) is 3.45. The van der Waals surface area contributed by atoms with Crippen molar-refractivity contribution in [3.63, 3.8) is 0 Å². The summed E-state index contributed by atoms with van der Waals surface area (Å²) in [5, 5.41) is 0.648. The van der Waals surface area contributed by atoms with Gasteiger partial charge in [0.15, 0.2) is 0 Å². The Labute approximate surface area is 127 Å². The number of benzene rings is 1. The van der Waals surface area contributed by atoms with Crippen LogP contribution in [-0.2, 0) is 4.79 Å². The molecular formula is C14H18BrClN2O. The summed E-state index contributed by atoms with van der Waals surface area (Å²) in [7, 11) is 0. The first-order valence-corrected chi connectivity index (χ1v) is 7.60. The van der Waals surface area contributed by atoms with Crippen LogP contribution in [0.4, 0.5) is 0 Å². The summed E-state index contributed by atoms with van der Waals surface area (Å²) >= 11 is 9.72. The maximum Gasteiger partial charge on any atom is 0.223 e. The molecule has 0 aliphatic carbocycles. The predicted molar refractivity (Wildman–Crippen MR) is 81.1 cm³/mol. The minimum Gasteiger partial charge on any atom is -0.332 e. The number of likely N-dealkylation sites (tertiary alicyclic amines) is 1. The van der Waals surface area contributed by atoms with Crippen molar-refractivity contribution in [1.82, 2.24) is 4.90 Å². The van der Waals surface area contributed by atoms with Crippen molar-refractivity contribution in [2.24, 2.45) is 5.73 Å². The summed E-state index contributed by atoms with van der Waals surface area (Å²) in [6.45, 7) is 4.02. The monoisotopic (exact) mass is 344 g/mol. The number of hydrogen-bond acceptors (Lipinski definition) is 2. The first kappa shape index (κ1) is 14.8. The lowest BCUT2D eigenvalue weighted by molar-refractivity contribution is -0.139. The summed E-state index contributed by atoms with van der Waals surface area (Å²) in [6, 6.07) is 5.64. The van der Waals surface area contributed by atoms with E-state index >= 15 is 0 Å². The summed E-state index contributed by atoms with van der Waals surface area (Å²) < 4.78 is 0.924. The van der Waals surface area contributed by atoms with E-state index in [0.717, 1.165) is 10.0 Å². The third-order valence-corrected chi connectivity index (χ3v) is 4.34. The second-order valence-corrected chi connectivity index (χ2v) is 6.53. The van der Waals surface area contributed by atoms with Crippen molar-refractivity contribution in [1.29, 1.82) is 0 Å². The Morgan fingerprint density at radius 2 is 2.16 bits per heavy atom. The van der Waals surface area contributed by atoms with Gasteiger partial charge < -0.3 is 10.6 Å². The fraction of sp³-hybridized carbons (Fsp3) is 0.500. The summed E-state index contributed by atoms with van der Waals surface area (Å²) in [5.74, 6) is 0.153. The third-order valence-electron chi connectivity index (χ3n) is 3.52. The Kier molecular flexibility index (Phi) is 4.54. The van der Waals surface area contributed by atoms with Gasteiger partial charge in [0, 0.05) is 28.0 Å². The van der Waals surface area contributed by atoms with Crippen LogP contribution < -0.4 is 5.73 Å². The zero-order valence-electron chi connectivity index (χ0n) is 11.1. The minimum atomic E-state index is -0.137. The Balaban J connectivity index is 2.45. The Morgan fingerprint density at radius 1 is 1.47 bits per heavy atom. The zero-order valence-corrected chi connectivity index (χ0v) is 13.4. The molecule has 2 N–H and O–H groups in total. The molecule has 104 valence electrons. The molecule has 0 saturated carbocycles. The third kappa shape index (κ3) is 2.96. The minimum absolute atomic E-state index is 0.0706. The Bertz CT molecular complexity index is 492. The molecule has 1 amide bonds. The van der Waals surface area contributed by atoms with E-state index in [4.69, 9.17) is 17.3 Å². The molecule has 1 saturated heterocycles. The van der Waals surface area contributed by atoms with E-state index in [0.29, 0.717) is 17.9 Å². The number of nitrogens with two attached hydrogens (primary N) is 1. The number of carbonyl (C=O) groups is 1. The zero-order chi connectivity index (χ0) is 14.2. The number of carbonyl (C=O) groups excluding carboxylic acids is 1. The molecule has 3 nitrogen and oxygen atoms in total. The van der Waals surface area contributed by atoms with Gasteiger partial charge in [0.1, 0.15) is 0 Å². The van der Waals surface area contributed by atoms with Crippen LogP contribution in [0.2, 0.25) is 5.02 Å². The SMILES string of the molecule is CC(C)N1C(=O)CCC(N)C1c1ccc(Br)cc1Cl. The van der Waals surface area contributed by atoms with E-state index in [9.17, 15) is 4.79 Å². The first-order valence-electron chi connectivity index (χ1n) is 6.43. The first-order chi connectivity index (χ1) is 8.91. The van der Waals surface area contributed by atoms with Gasteiger partial charge in [-0.1, -0.05) is 33.6 Å². The molecule has 2 rings (SSSR count). The van der Waals surface area contributed by atoms with Crippen molar-refractivity contribution in [2.45, 2.75) is 44.8 Å². The lowest BCUT2D eigenvalue weighted by Crippen LogP contribution is -2.51. The molecule has 0 bridgehead atoms. The number of halogens is 2. The van der Waals surface area contributed by atoms with Crippen LogP contribution in [0.15, 0.2) is 22.7 Å². The molecule has 0 spiro atoms. The lowest BCUT2D eigenvalue weighted by atomic mass is 9.89. The van der Waals surface area contributed by atoms with Crippen molar-refractivity contribution in [3.05, 3.63) is 33.3 Å². The van der Waals surface area contributed by atoms with Gasteiger partial charge in [0.05, 0.1) is 6.04 Å². The smallest absolute Gasteiger partial charge is 0.223 e. The molecule has 2 unspecified atom stereocenters. The highest BCUT2D eigenvalue weighted by atomic mass is 79.9. The molecule has 1 fully saturated rings. The number of nitrogens with zero attached hydrogens (tertiary/aromatic N) is 1. The molecule has 1 aromatic rings. The van der Waals surface area contributed by atoms with Gasteiger partial charge in [0.2, 0.25) is 5.91 Å². The fourth-order valence-electron chi connectivity index (χ4n) is 2.67. The second-order valence-electron chi connectivity index (χ2n) is 5.21. The van der Waals surface area contributed by atoms with Crippen molar-refractivity contribution in [3.8, 4) is 0 Å². The summed E-state index contributed by atoms with van der Waals surface area (Å²) in [4.78, 5) is 14.0. The maximum absolute atomic E-state index is 12.2. The number of amides is 1. The van der Waals surface area contributed by atoms with Crippen LogP contribution in [0.5, 0.6) is 0 Å². The van der Waals surface area contributed by atoms with Crippen LogP contribution in [0.1, 0.15) is 38.3 Å². The van der Waals surface area contributed by atoms with Gasteiger partial charge in [-0.15, -0.1) is 0 Å². The van der Waals surface area contributed by atoms with Crippen LogP contribution >= 0.6 is 27.5 Å².